The first-order valence-corrected chi connectivity index (χ1v) is 11.0. The zero-order valence-electron chi connectivity index (χ0n) is 16.2. The maximum atomic E-state index is 12.6. The summed E-state index contributed by atoms with van der Waals surface area (Å²) in [4.78, 5) is 23.0. The van der Waals surface area contributed by atoms with Gasteiger partial charge in [0.05, 0.1) is 10.6 Å². The summed E-state index contributed by atoms with van der Waals surface area (Å²) in [6, 6.07) is 5.63. The van der Waals surface area contributed by atoms with Gasteiger partial charge in [0, 0.05) is 12.1 Å². The lowest BCUT2D eigenvalue weighted by Crippen LogP contribution is -2.50. The van der Waals surface area contributed by atoms with Gasteiger partial charge < -0.3 is 9.26 Å². The Balaban J connectivity index is 3.23. The summed E-state index contributed by atoms with van der Waals surface area (Å²) in [6.07, 6.45) is -0.647. The molecular weight excluding hydrogens is 340 g/mol. The van der Waals surface area contributed by atoms with E-state index in [1.165, 1.54) is 24.3 Å². The number of amides is 1. The molecule has 140 valence electrons. The van der Waals surface area contributed by atoms with Gasteiger partial charge in [-0.3, -0.25) is 10.1 Å². The number of anilines is 1. The van der Waals surface area contributed by atoms with Crippen LogP contribution in [0.2, 0.25) is 18.1 Å². The van der Waals surface area contributed by atoms with Gasteiger partial charge in [-0.25, -0.2) is 4.79 Å². The Kier molecular flexibility index (Phi) is 6.02. The van der Waals surface area contributed by atoms with Gasteiger partial charge in [-0.1, -0.05) is 20.8 Å². The van der Waals surface area contributed by atoms with Crippen LogP contribution in [-0.2, 0) is 9.26 Å². The third-order valence-electron chi connectivity index (χ3n) is 3.98. The van der Waals surface area contributed by atoms with Crippen molar-refractivity contribution in [1.82, 2.24) is 0 Å². The lowest BCUT2D eigenvalue weighted by molar-refractivity contribution is -0.384. The molecule has 0 fully saturated rings. The largest absolute Gasteiger partial charge is 0.442 e. The summed E-state index contributed by atoms with van der Waals surface area (Å²) in [5.74, 6) is 0. The van der Waals surface area contributed by atoms with Crippen LogP contribution < -0.4 is 5.06 Å². The van der Waals surface area contributed by atoms with Gasteiger partial charge in [-0.2, -0.15) is 5.06 Å². The Hall–Kier alpha value is -1.93. The smallest absolute Gasteiger partial charge is 0.438 e. The Morgan fingerprint density at radius 2 is 1.56 bits per heavy atom. The van der Waals surface area contributed by atoms with Crippen LogP contribution in [0.15, 0.2) is 24.3 Å². The van der Waals surface area contributed by atoms with Gasteiger partial charge in [0.15, 0.2) is 0 Å². The highest BCUT2D eigenvalue weighted by atomic mass is 28.4. The molecule has 0 aliphatic rings. The predicted molar refractivity (Wildman–Crippen MR) is 100 cm³/mol. The van der Waals surface area contributed by atoms with E-state index in [0.29, 0.717) is 5.69 Å². The molecule has 0 atom stereocenters. The van der Waals surface area contributed by atoms with Gasteiger partial charge >= 0.3 is 6.09 Å². The minimum absolute atomic E-state index is 0.0554. The van der Waals surface area contributed by atoms with Crippen LogP contribution in [0.4, 0.5) is 16.2 Å². The van der Waals surface area contributed by atoms with E-state index in [1.54, 1.807) is 20.8 Å². The molecule has 1 aromatic carbocycles. The van der Waals surface area contributed by atoms with E-state index in [9.17, 15) is 14.9 Å². The molecule has 0 radical (unpaired) electrons. The summed E-state index contributed by atoms with van der Waals surface area (Å²) in [7, 11) is -2.33. The molecular formula is C17H28N2O5Si. The summed E-state index contributed by atoms with van der Waals surface area (Å²) in [6.45, 7) is 15.5. The zero-order valence-corrected chi connectivity index (χ0v) is 17.2. The molecule has 0 bridgehead atoms. The molecule has 0 aliphatic heterocycles. The summed E-state index contributed by atoms with van der Waals surface area (Å²) in [5.41, 5.74) is -0.350. The van der Waals surface area contributed by atoms with Crippen LogP contribution in [0.1, 0.15) is 41.5 Å². The number of nitro benzene ring substituents is 1. The van der Waals surface area contributed by atoms with Crippen LogP contribution in [0.25, 0.3) is 0 Å². The standard InChI is InChI=1S/C17H28N2O5Si/c1-16(2,3)23-15(20)18(24-25(7,8)17(4,5)6)13-9-11-14(12-10-13)19(21)22/h9-12H,1-8H3. The minimum Gasteiger partial charge on any atom is -0.442 e. The molecule has 0 aliphatic carbocycles. The number of ether oxygens (including phenoxy) is 1. The predicted octanol–water partition coefficient (Wildman–Crippen LogP) is 5.27. The molecule has 0 heterocycles. The fourth-order valence-corrected chi connectivity index (χ4v) is 2.48. The Morgan fingerprint density at radius 3 is 1.92 bits per heavy atom. The molecule has 1 aromatic rings. The van der Waals surface area contributed by atoms with Gasteiger partial charge in [0.25, 0.3) is 5.69 Å². The number of non-ortho nitro benzene ring substituents is 1. The molecule has 0 unspecified atom stereocenters. The molecule has 0 saturated carbocycles. The minimum atomic E-state index is -2.33. The zero-order chi connectivity index (χ0) is 19.6. The summed E-state index contributed by atoms with van der Waals surface area (Å²) < 4.78 is 11.6. The summed E-state index contributed by atoms with van der Waals surface area (Å²) >= 11 is 0. The number of rotatable bonds is 4. The van der Waals surface area contributed by atoms with Crippen molar-refractivity contribution in [3.63, 3.8) is 0 Å². The number of carbonyl (C=O) groups excluding carboxylic acids is 1. The van der Waals surface area contributed by atoms with Crippen LogP contribution in [0.3, 0.4) is 0 Å². The first-order valence-electron chi connectivity index (χ1n) is 8.11. The van der Waals surface area contributed by atoms with E-state index >= 15 is 0 Å². The van der Waals surface area contributed by atoms with E-state index in [4.69, 9.17) is 9.26 Å². The average Bonchev–Trinajstić information content (AvgIpc) is 2.41. The van der Waals surface area contributed by atoms with Gasteiger partial charge in [0.2, 0.25) is 8.32 Å². The van der Waals surface area contributed by atoms with Crippen LogP contribution in [-0.4, -0.2) is 24.9 Å². The molecule has 1 rings (SSSR count). The molecule has 0 aromatic heterocycles. The quantitative estimate of drug-likeness (QED) is 0.410. The van der Waals surface area contributed by atoms with E-state index in [1.807, 2.05) is 13.1 Å². The number of hydrogen-bond donors (Lipinski definition) is 0. The second-order valence-electron chi connectivity index (χ2n) is 8.40. The SMILES string of the molecule is CC(C)(C)OC(=O)N(O[Si](C)(C)C(C)(C)C)c1ccc([N+](=O)[O-])cc1. The topological polar surface area (TPSA) is 81.9 Å². The maximum Gasteiger partial charge on any atom is 0.438 e. The number of hydrogen-bond acceptors (Lipinski definition) is 5. The van der Waals surface area contributed by atoms with Crippen LogP contribution in [0.5, 0.6) is 0 Å². The molecule has 0 spiro atoms. The normalized spacial score (nSPS) is 12.6. The average molecular weight is 369 g/mol. The van der Waals surface area contributed by atoms with Crippen molar-refractivity contribution >= 4 is 25.8 Å². The fraction of sp³-hybridized carbons (Fsp3) is 0.588. The van der Waals surface area contributed by atoms with Crippen molar-refractivity contribution in [2.45, 2.75) is 65.3 Å². The molecule has 1 amide bonds. The number of hydroxylamine groups is 1. The second-order valence-corrected chi connectivity index (χ2v) is 13.1. The third kappa shape index (κ3) is 5.82. The van der Waals surface area contributed by atoms with E-state index < -0.39 is 24.9 Å². The van der Waals surface area contributed by atoms with Crippen molar-refractivity contribution in [3.05, 3.63) is 34.4 Å². The van der Waals surface area contributed by atoms with Crippen molar-refractivity contribution in [2.75, 3.05) is 5.06 Å². The number of nitrogens with zero attached hydrogens (tertiary/aromatic N) is 2. The lowest BCUT2D eigenvalue weighted by Gasteiger charge is -2.39. The van der Waals surface area contributed by atoms with Crippen molar-refractivity contribution in [2.24, 2.45) is 0 Å². The second kappa shape index (κ2) is 7.13. The van der Waals surface area contributed by atoms with Crippen LogP contribution in [0, 0.1) is 10.1 Å². The molecule has 7 nitrogen and oxygen atoms in total. The molecule has 0 saturated heterocycles. The lowest BCUT2D eigenvalue weighted by atomic mass is 10.2. The van der Waals surface area contributed by atoms with E-state index in [0.717, 1.165) is 5.06 Å². The highest BCUT2D eigenvalue weighted by Crippen LogP contribution is 2.38. The monoisotopic (exact) mass is 368 g/mol. The Bertz CT molecular complexity index is 630. The fourth-order valence-electron chi connectivity index (χ4n) is 1.57. The first-order chi connectivity index (χ1) is 11.1. The van der Waals surface area contributed by atoms with E-state index in [2.05, 4.69) is 20.8 Å². The molecule has 25 heavy (non-hydrogen) atoms. The first kappa shape index (κ1) is 21.1. The Labute approximate surface area is 150 Å². The van der Waals surface area contributed by atoms with Crippen LogP contribution >= 0.6 is 0 Å². The van der Waals surface area contributed by atoms with Crippen molar-refractivity contribution < 1.29 is 19.0 Å². The number of nitro groups is 1. The third-order valence-corrected chi connectivity index (χ3v) is 8.23. The number of benzene rings is 1. The maximum absolute atomic E-state index is 12.6. The summed E-state index contributed by atoms with van der Waals surface area (Å²) in [5, 5.41) is 11.8. The van der Waals surface area contributed by atoms with E-state index in [-0.39, 0.29) is 10.7 Å². The van der Waals surface area contributed by atoms with Gasteiger partial charge in [-0.15, -0.1) is 0 Å². The van der Waals surface area contributed by atoms with Gasteiger partial charge in [-0.05, 0) is 51.0 Å². The highest BCUT2D eigenvalue weighted by molar-refractivity contribution is 6.74. The van der Waals surface area contributed by atoms with Crippen molar-refractivity contribution in [3.8, 4) is 0 Å². The number of carbonyl (C=O) groups is 1. The highest BCUT2D eigenvalue weighted by Gasteiger charge is 2.42. The molecule has 0 N–H and O–H groups in total. The van der Waals surface area contributed by atoms with Crippen molar-refractivity contribution in [1.29, 1.82) is 0 Å². The molecule has 8 heteroatoms. The Morgan fingerprint density at radius 1 is 1.08 bits per heavy atom. The van der Waals surface area contributed by atoms with Gasteiger partial charge in [0.1, 0.15) is 5.60 Å².